The van der Waals surface area contributed by atoms with E-state index in [-0.39, 0.29) is 5.91 Å². The van der Waals surface area contributed by atoms with Crippen LogP contribution in [-0.2, 0) is 6.54 Å². The van der Waals surface area contributed by atoms with Crippen molar-refractivity contribution in [1.82, 2.24) is 25.1 Å². The lowest BCUT2D eigenvalue weighted by Gasteiger charge is -2.06. The van der Waals surface area contributed by atoms with Crippen molar-refractivity contribution in [3.8, 4) is 0 Å². The summed E-state index contributed by atoms with van der Waals surface area (Å²) in [5.74, 6) is 0.738. The molecule has 0 aliphatic carbocycles. The third-order valence-corrected chi connectivity index (χ3v) is 4.20. The summed E-state index contributed by atoms with van der Waals surface area (Å²) in [7, 11) is 0. The van der Waals surface area contributed by atoms with Crippen molar-refractivity contribution in [2.24, 2.45) is 0 Å². The predicted octanol–water partition coefficient (Wildman–Crippen LogP) is 2.14. The summed E-state index contributed by atoms with van der Waals surface area (Å²) in [6, 6.07) is 3.67. The Kier molecular flexibility index (Phi) is 4.82. The molecular formula is C15H18N6OS. The van der Waals surface area contributed by atoms with Crippen molar-refractivity contribution >= 4 is 34.1 Å². The molecule has 0 aliphatic heterocycles. The molecule has 7 nitrogen and oxygen atoms in total. The molecular weight excluding hydrogens is 312 g/mol. The van der Waals surface area contributed by atoms with Crippen molar-refractivity contribution in [3.63, 3.8) is 0 Å². The summed E-state index contributed by atoms with van der Waals surface area (Å²) in [5.41, 5.74) is 0.768. The third-order valence-electron chi connectivity index (χ3n) is 3.33. The molecule has 0 fully saturated rings. The maximum absolute atomic E-state index is 11.9. The lowest BCUT2D eigenvalue weighted by molar-refractivity contribution is 0.0956. The van der Waals surface area contributed by atoms with Crippen molar-refractivity contribution in [2.45, 2.75) is 19.9 Å². The molecule has 2 N–H and O–H groups in total. The maximum Gasteiger partial charge on any atom is 0.261 e. The zero-order valence-electron chi connectivity index (χ0n) is 12.8. The van der Waals surface area contributed by atoms with Crippen LogP contribution in [0.3, 0.4) is 0 Å². The third kappa shape index (κ3) is 3.48. The molecule has 0 atom stereocenters. The molecule has 0 aliphatic rings. The van der Waals surface area contributed by atoms with Crippen LogP contribution in [0.25, 0.3) is 11.0 Å². The van der Waals surface area contributed by atoms with Crippen LogP contribution < -0.4 is 10.6 Å². The number of hydrogen-bond acceptors (Lipinski definition) is 6. The lowest BCUT2D eigenvalue weighted by atomic mass is 10.3. The van der Waals surface area contributed by atoms with Crippen molar-refractivity contribution in [3.05, 3.63) is 34.9 Å². The molecule has 0 aromatic carbocycles. The molecule has 0 bridgehead atoms. The van der Waals surface area contributed by atoms with Gasteiger partial charge in [-0.3, -0.25) is 4.79 Å². The largest absolute Gasteiger partial charge is 0.369 e. The minimum Gasteiger partial charge on any atom is -0.369 e. The fraction of sp³-hybridized carbons (Fsp3) is 0.333. The first-order valence-electron chi connectivity index (χ1n) is 7.51. The van der Waals surface area contributed by atoms with Gasteiger partial charge in [0.25, 0.3) is 5.91 Å². The standard InChI is InChI=1S/C15H18N6OS/c1-2-5-16-13-11-9-20-21(14(11)19-10-18-13)7-6-17-15(22)12-4-3-8-23-12/h3-4,8-10H,2,5-7H2,1H3,(H,17,22)(H,16,18,19). The number of nitrogens with one attached hydrogen (secondary N) is 2. The molecule has 0 unspecified atom stereocenters. The first kappa shape index (κ1) is 15.4. The van der Waals surface area contributed by atoms with Crippen LogP contribution in [-0.4, -0.2) is 38.7 Å². The lowest BCUT2D eigenvalue weighted by Crippen LogP contribution is -2.26. The Labute approximate surface area is 137 Å². The van der Waals surface area contributed by atoms with E-state index >= 15 is 0 Å². The Bertz CT molecular complexity index is 782. The number of thiophene rings is 1. The van der Waals surface area contributed by atoms with Crippen LogP contribution in [0.15, 0.2) is 30.0 Å². The number of hydrogen-bond donors (Lipinski definition) is 2. The van der Waals surface area contributed by atoms with E-state index in [1.54, 1.807) is 10.9 Å². The smallest absolute Gasteiger partial charge is 0.261 e. The highest BCUT2D eigenvalue weighted by Gasteiger charge is 2.10. The van der Waals surface area contributed by atoms with Gasteiger partial charge < -0.3 is 10.6 Å². The molecule has 0 saturated carbocycles. The Hall–Kier alpha value is -2.48. The number of carbonyl (C=O) groups is 1. The average molecular weight is 330 g/mol. The Morgan fingerprint density at radius 3 is 3.04 bits per heavy atom. The number of nitrogens with zero attached hydrogens (tertiary/aromatic N) is 4. The molecule has 0 radical (unpaired) electrons. The SMILES string of the molecule is CCCNc1ncnc2c1cnn2CCNC(=O)c1cccs1. The molecule has 1 amide bonds. The van der Waals surface area contributed by atoms with E-state index in [4.69, 9.17) is 0 Å². The Morgan fingerprint density at radius 1 is 1.35 bits per heavy atom. The molecule has 3 heterocycles. The van der Waals surface area contributed by atoms with Crippen LogP contribution >= 0.6 is 11.3 Å². The maximum atomic E-state index is 11.9. The van der Waals surface area contributed by atoms with Crippen LogP contribution in [0.5, 0.6) is 0 Å². The summed E-state index contributed by atoms with van der Waals surface area (Å²) >= 11 is 1.43. The first-order chi connectivity index (χ1) is 11.3. The van der Waals surface area contributed by atoms with Gasteiger partial charge in [-0.2, -0.15) is 5.10 Å². The first-order valence-corrected chi connectivity index (χ1v) is 8.39. The second-order valence-corrected chi connectivity index (χ2v) is 5.93. The van der Waals surface area contributed by atoms with Gasteiger partial charge in [0.05, 0.1) is 23.0 Å². The highest BCUT2D eigenvalue weighted by molar-refractivity contribution is 7.12. The second kappa shape index (κ2) is 7.19. The van der Waals surface area contributed by atoms with E-state index in [0.717, 1.165) is 29.8 Å². The van der Waals surface area contributed by atoms with Crippen molar-refractivity contribution in [2.75, 3.05) is 18.4 Å². The van der Waals surface area contributed by atoms with Gasteiger partial charge in [-0.25, -0.2) is 14.6 Å². The van der Waals surface area contributed by atoms with Gasteiger partial charge in [0.1, 0.15) is 12.1 Å². The highest BCUT2D eigenvalue weighted by Crippen LogP contribution is 2.18. The summed E-state index contributed by atoms with van der Waals surface area (Å²) < 4.78 is 1.78. The fourth-order valence-electron chi connectivity index (χ4n) is 2.21. The molecule has 8 heteroatoms. The second-order valence-electron chi connectivity index (χ2n) is 4.99. The van der Waals surface area contributed by atoms with Gasteiger partial charge >= 0.3 is 0 Å². The normalized spacial score (nSPS) is 10.8. The van der Waals surface area contributed by atoms with E-state index in [0.29, 0.717) is 18.0 Å². The number of amides is 1. The molecule has 0 saturated heterocycles. The molecule has 3 aromatic heterocycles. The quantitative estimate of drug-likeness (QED) is 0.693. The molecule has 3 aromatic rings. The van der Waals surface area contributed by atoms with E-state index in [1.807, 2.05) is 17.5 Å². The van der Waals surface area contributed by atoms with Crippen LogP contribution in [0.1, 0.15) is 23.0 Å². The molecule has 3 rings (SSSR count). The van der Waals surface area contributed by atoms with Crippen molar-refractivity contribution in [1.29, 1.82) is 0 Å². The van der Waals surface area contributed by atoms with Crippen molar-refractivity contribution < 1.29 is 4.79 Å². The minimum atomic E-state index is -0.0589. The minimum absolute atomic E-state index is 0.0589. The van der Waals surface area contributed by atoms with E-state index in [2.05, 4.69) is 32.6 Å². The topological polar surface area (TPSA) is 84.7 Å². The van der Waals surface area contributed by atoms with Crippen LogP contribution in [0.4, 0.5) is 5.82 Å². The van der Waals surface area contributed by atoms with Gasteiger partial charge in [0.2, 0.25) is 0 Å². The molecule has 120 valence electrons. The van der Waals surface area contributed by atoms with E-state index in [9.17, 15) is 4.79 Å². The number of aromatic nitrogens is 4. The molecule has 23 heavy (non-hydrogen) atoms. The van der Waals surface area contributed by atoms with E-state index in [1.165, 1.54) is 17.7 Å². The zero-order chi connectivity index (χ0) is 16.1. The number of fused-ring (bicyclic) bond motifs is 1. The summed E-state index contributed by atoms with van der Waals surface area (Å²) in [5, 5.41) is 13.3. The number of anilines is 1. The summed E-state index contributed by atoms with van der Waals surface area (Å²) in [4.78, 5) is 21.2. The summed E-state index contributed by atoms with van der Waals surface area (Å²) in [6.07, 6.45) is 4.31. The summed E-state index contributed by atoms with van der Waals surface area (Å²) in [6.45, 7) is 4.01. The van der Waals surface area contributed by atoms with Gasteiger partial charge in [-0.1, -0.05) is 13.0 Å². The van der Waals surface area contributed by atoms with Crippen LogP contribution in [0, 0.1) is 0 Å². The average Bonchev–Trinajstić information content (AvgIpc) is 3.23. The monoisotopic (exact) mass is 330 g/mol. The zero-order valence-corrected chi connectivity index (χ0v) is 13.6. The number of carbonyl (C=O) groups excluding carboxylic acids is 1. The van der Waals surface area contributed by atoms with Gasteiger partial charge in [-0.15, -0.1) is 11.3 Å². The highest BCUT2D eigenvalue weighted by atomic mass is 32.1. The van der Waals surface area contributed by atoms with E-state index < -0.39 is 0 Å². The number of rotatable bonds is 7. The van der Waals surface area contributed by atoms with Gasteiger partial charge in [0, 0.05) is 13.1 Å². The van der Waals surface area contributed by atoms with Gasteiger partial charge in [-0.05, 0) is 17.9 Å². The molecule has 0 spiro atoms. The van der Waals surface area contributed by atoms with Crippen LogP contribution in [0.2, 0.25) is 0 Å². The predicted molar refractivity (Wildman–Crippen MR) is 90.8 cm³/mol. The Balaban J connectivity index is 1.65. The van der Waals surface area contributed by atoms with Gasteiger partial charge in [0.15, 0.2) is 5.65 Å². The fourth-order valence-corrected chi connectivity index (χ4v) is 2.85. The Morgan fingerprint density at radius 2 is 2.26 bits per heavy atom.